The van der Waals surface area contributed by atoms with E-state index in [4.69, 9.17) is 10.5 Å². The van der Waals surface area contributed by atoms with E-state index >= 15 is 0 Å². The van der Waals surface area contributed by atoms with E-state index in [1.54, 1.807) is 11.2 Å². The highest BCUT2D eigenvalue weighted by Gasteiger charge is 2.34. The molecule has 90 valence electrons. The molecule has 5 nitrogen and oxygen atoms in total. The van der Waals surface area contributed by atoms with Crippen LogP contribution in [0.25, 0.3) is 0 Å². The maximum absolute atomic E-state index is 12.1. The van der Waals surface area contributed by atoms with Crippen LogP contribution in [0.4, 0.5) is 0 Å². The molecule has 0 spiro atoms. The fraction of sp³-hybridized carbons (Fsp3) is 1.00. The maximum Gasteiger partial charge on any atom is 0.218 e. The molecular formula is C9H20N2O3S. The van der Waals surface area contributed by atoms with Crippen molar-refractivity contribution in [2.45, 2.75) is 31.6 Å². The molecule has 2 atom stereocenters. The van der Waals surface area contributed by atoms with E-state index in [0.717, 1.165) is 6.42 Å². The molecule has 1 aliphatic rings. The van der Waals surface area contributed by atoms with Gasteiger partial charge >= 0.3 is 0 Å². The lowest BCUT2D eigenvalue weighted by molar-refractivity contribution is 0.0311. The third-order valence-corrected chi connectivity index (χ3v) is 5.16. The number of hydrogen-bond donors (Lipinski definition) is 1. The van der Waals surface area contributed by atoms with Gasteiger partial charge < -0.3 is 10.5 Å². The van der Waals surface area contributed by atoms with Crippen molar-refractivity contribution in [1.29, 1.82) is 0 Å². The first-order valence-electron chi connectivity index (χ1n) is 5.32. The quantitative estimate of drug-likeness (QED) is 0.732. The predicted octanol–water partition coefficient (Wildman–Crippen LogP) is -0.226. The van der Waals surface area contributed by atoms with Crippen LogP contribution in [0, 0.1) is 0 Å². The molecule has 1 rings (SSSR count). The number of nitrogens with zero attached hydrogens (tertiary/aromatic N) is 1. The summed E-state index contributed by atoms with van der Waals surface area (Å²) < 4.78 is 31.0. The van der Waals surface area contributed by atoms with Gasteiger partial charge in [-0.2, -0.15) is 4.31 Å². The maximum atomic E-state index is 12.1. The van der Waals surface area contributed by atoms with Gasteiger partial charge in [0.1, 0.15) is 0 Å². The Kier molecular flexibility index (Phi) is 4.51. The van der Waals surface area contributed by atoms with E-state index in [2.05, 4.69) is 0 Å². The highest BCUT2D eigenvalue weighted by molar-refractivity contribution is 7.89. The van der Waals surface area contributed by atoms with Crippen LogP contribution in [0.3, 0.4) is 0 Å². The molecule has 0 aromatic heterocycles. The van der Waals surface area contributed by atoms with Crippen LogP contribution in [0.2, 0.25) is 0 Å². The lowest BCUT2D eigenvalue weighted by Gasteiger charge is -2.35. The van der Waals surface area contributed by atoms with E-state index in [1.807, 2.05) is 6.92 Å². The van der Waals surface area contributed by atoms with Gasteiger partial charge in [-0.3, -0.25) is 0 Å². The Hall–Kier alpha value is -0.170. The predicted molar refractivity (Wildman–Crippen MR) is 59.0 cm³/mol. The molecular weight excluding hydrogens is 216 g/mol. The first kappa shape index (κ1) is 12.9. The summed E-state index contributed by atoms with van der Waals surface area (Å²) in [5.74, 6) is 0. The van der Waals surface area contributed by atoms with Gasteiger partial charge in [-0.05, 0) is 13.3 Å². The average Bonchev–Trinajstić information content (AvgIpc) is 2.27. The second-order valence-electron chi connectivity index (χ2n) is 3.84. The van der Waals surface area contributed by atoms with Gasteiger partial charge in [-0.15, -0.1) is 0 Å². The van der Waals surface area contributed by atoms with Crippen molar-refractivity contribution >= 4 is 10.0 Å². The molecule has 2 unspecified atom stereocenters. The number of morpholine rings is 1. The van der Waals surface area contributed by atoms with Crippen LogP contribution in [-0.2, 0) is 14.8 Å². The van der Waals surface area contributed by atoms with E-state index < -0.39 is 15.3 Å². The van der Waals surface area contributed by atoms with Crippen LogP contribution >= 0.6 is 0 Å². The third kappa shape index (κ3) is 2.69. The van der Waals surface area contributed by atoms with Gasteiger partial charge in [0.2, 0.25) is 10.0 Å². The minimum atomic E-state index is -3.25. The summed E-state index contributed by atoms with van der Waals surface area (Å²) >= 11 is 0. The Morgan fingerprint density at radius 1 is 1.60 bits per heavy atom. The highest BCUT2D eigenvalue weighted by Crippen LogP contribution is 2.18. The first-order chi connectivity index (χ1) is 7.04. The van der Waals surface area contributed by atoms with Gasteiger partial charge in [0, 0.05) is 19.1 Å². The van der Waals surface area contributed by atoms with Crippen LogP contribution in [0.5, 0.6) is 0 Å². The van der Waals surface area contributed by atoms with E-state index in [-0.39, 0.29) is 12.6 Å². The topological polar surface area (TPSA) is 72.6 Å². The second kappa shape index (κ2) is 5.25. The summed E-state index contributed by atoms with van der Waals surface area (Å²) in [4.78, 5) is 0. The van der Waals surface area contributed by atoms with Crippen molar-refractivity contribution in [2.24, 2.45) is 5.73 Å². The number of nitrogens with two attached hydrogens (primary N) is 1. The second-order valence-corrected chi connectivity index (χ2v) is 6.14. The molecule has 1 aliphatic heterocycles. The molecule has 15 heavy (non-hydrogen) atoms. The van der Waals surface area contributed by atoms with Crippen molar-refractivity contribution in [3.8, 4) is 0 Å². The summed E-state index contributed by atoms with van der Waals surface area (Å²) in [6, 6.07) is -0.0299. The lowest BCUT2D eigenvalue weighted by Crippen LogP contribution is -2.52. The fourth-order valence-electron chi connectivity index (χ4n) is 1.65. The molecule has 0 aliphatic carbocycles. The smallest absolute Gasteiger partial charge is 0.218 e. The van der Waals surface area contributed by atoms with Crippen molar-refractivity contribution < 1.29 is 13.2 Å². The molecule has 0 radical (unpaired) electrons. The van der Waals surface area contributed by atoms with E-state index in [0.29, 0.717) is 19.8 Å². The molecule has 1 fully saturated rings. The largest absolute Gasteiger partial charge is 0.378 e. The van der Waals surface area contributed by atoms with Gasteiger partial charge in [0.05, 0.1) is 18.5 Å². The van der Waals surface area contributed by atoms with E-state index in [9.17, 15) is 8.42 Å². The van der Waals surface area contributed by atoms with Crippen LogP contribution in [0.15, 0.2) is 0 Å². The van der Waals surface area contributed by atoms with Gasteiger partial charge in [0.15, 0.2) is 0 Å². The van der Waals surface area contributed by atoms with Crippen molar-refractivity contribution in [1.82, 2.24) is 4.31 Å². The number of sulfonamides is 1. The molecule has 0 bridgehead atoms. The summed E-state index contributed by atoms with van der Waals surface area (Å²) in [6.07, 6.45) is 0.774. The Balaban J connectivity index is 2.83. The Morgan fingerprint density at radius 2 is 2.27 bits per heavy atom. The van der Waals surface area contributed by atoms with Crippen molar-refractivity contribution in [3.63, 3.8) is 0 Å². The molecule has 0 aromatic rings. The van der Waals surface area contributed by atoms with Crippen LogP contribution in [0.1, 0.15) is 20.3 Å². The first-order valence-corrected chi connectivity index (χ1v) is 6.82. The summed E-state index contributed by atoms with van der Waals surface area (Å²) in [6.45, 7) is 5.20. The minimum Gasteiger partial charge on any atom is -0.378 e. The lowest BCUT2D eigenvalue weighted by atomic mass is 10.2. The van der Waals surface area contributed by atoms with Crippen molar-refractivity contribution in [2.75, 3.05) is 26.3 Å². The van der Waals surface area contributed by atoms with E-state index in [1.165, 1.54) is 0 Å². The molecule has 2 N–H and O–H groups in total. The zero-order valence-electron chi connectivity index (χ0n) is 9.35. The zero-order valence-corrected chi connectivity index (χ0v) is 10.2. The van der Waals surface area contributed by atoms with Gasteiger partial charge in [-0.25, -0.2) is 8.42 Å². The summed E-state index contributed by atoms with van der Waals surface area (Å²) in [5, 5.41) is -0.510. The molecule has 1 heterocycles. The molecule has 0 saturated carbocycles. The number of ether oxygens (including phenoxy) is 1. The number of hydrogen-bond acceptors (Lipinski definition) is 4. The van der Waals surface area contributed by atoms with Crippen LogP contribution in [-0.4, -0.2) is 50.3 Å². The van der Waals surface area contributed by atoms with Crippen molar-refractivity contribution in [3.05, 3.63) is 0 Å². The fourth-order valence-corrected chi connectivity index (χ4v) is 3.31. The molecule has 0 amide bonds. The Morgan fingerprint density at radius 3 is 2.80 bits per heavy atom. The Bertz CT molecular complexity index is 292. The molecule has 1 saturated heterocycles. The van der Waals surface area contributed by atoms with Crippen LogP contribution < -0.4 is 5.73 Å². The zero-order chi connectivity index (χ0) is 11.5. The minimum absolute atomic E-state index is 0.0299. The summed E-state index contributed by atoms with van der Waals surface area (Å²) in [5.41, 5.74) is 5.41. The van der Waals surface area contributed by atoms with Gasteiger partial charge in [0.25, 0.3) is 0 Å². The Labute approximate surface area is 91.6 Å². The SMILES string of the molecule is CCC1COCCN1S(=O)(=O)C(C)CN. The molecule has 6 heteroatoms. The third-order valence-electron chi connectivity index (χ3n) is 2.81. The normalized spacial score (nSPS) is 26.5. The molecule has 0 aromatic carbocycles. The monoisotopic (exact) mass is 236 g/mol. The average molecular weight is 236 g/mol. The summed E-state index contributed by atoms with van der Waals surface area (Å²) in [7, 11) is -3.25. The highest BCUT2D eigenvalue weighted by atomic mass is 32.2. The standard InChI is InChI=1S/C9H20N2O3S/c1-3-9-7-14-5-4-11(9)15(12,13)8(2)6-10/h8-9H,3-7,10H2,1-2H3. The van der Waals surface area contributed by atoms with Gasteiger partial charge in [-0.1, -0.05) is 6.92 Å². The number of rotatable bonds is 4.